The maximum Gasteiger partial charge on any atom is 0.108 e. The van der Waals surface area contributed by atoms with E-state index in [0.29, 0.717) is 5.92 Å². The Morgan fingerprint density at radius 3 is 2.58 bits per heavy atom. The van der Waals surface area contributed by atoms with Gasteiger partial charge in [0.2, 0.25) is 0 Å². The quantitative estimate of drug-likeness (QED) is 0.864. The fraction of sp³-hybridized carbons (Fsp3) is 0.438. The Bertz CT molecular complexity index is 490. The summed E-state index contributed by atoms with van der Waals surface area (Å²) in [6, 6.07) is 10.8. The molecule has 1 heterocycles. The van der Waals surface area contributed by atoms with Gasteiger partial charge in [0.25, 0.3) is 0 Å². The minimum Gasteiger partial charge on any atom is -0.338 e. The lowest BCUT2D eigenvalue weighted by molar-refractivity contribution is 0.481. The minimum absolute atomic E-state index is 0.184. The molecule has 0 aliphatic rings. The molecule has 0 radical (unpaired) electrons. The van der Waals surface area contributed by atoms with Crippen LogP contribution in [0.15, 0.2) is 42.7 Å². The summed E-state index contributed by atoms with van der Waals surface area (Å²) in [5.74, 6) is 1.54. The van der Waals surface area contributed by atoms with Gasteiger partial charge in [0.1, 0.15) is 5.82 Å². The zero-order valence-electron chi connectivity index (χ0n) is 11.8. The summed E-state index contributed by atoms with van der Waals surface area (Å²) in [6.45, 7) is 2.21. The highest BCUT2D eigenvalue weighted by Crippen LogP contribution is 2.24. The molecule has 2 unspecified atom stereocenters. The van der Waals surface area contributed by atoms with Gasteiger partial charge in [-0.2, -0.15) is 0 Å². The van der Waals surface area contributed by atoms with Crippen molar-refractivity contribution in [2.75, 3.05) is 0 Å². The molecule has 2 atom stereocenters. The molecule has 0 bridgehead atoms. The van der Waals surface area contributed by atoms with E-state index in [2.05, 4.69) is 46.8 Å². The second kappa shape index (κ2) is 6.53. The van der Waals surface area contributed by atoms with E-state index in [0.717, 1.165) is 25.1 Å². The molecular weight excluding hydrogens is 234 g/mol. The van der Waals surface area contributed by atoms with E-state index in [1.807, 2.05) is 19.4 Å². The van der Waals surface area contributed by atoms with E-state index in [4.69, 9.17) is 5.73 Å². The van der Waals surface area contributed by atoms with E-state index in [1.54, 1.807) is 0 Å². The Kier molecular flexibility index (Phi) is 4.74. The molecule has 0 fully saturated rings. The lowest BCUT2D eigenvalue weighted by Crippen LogP contribution is -2.29. The van der Waals surface area contributed by atoms with Crippen molar-refractivity contribution in [2.24, 2.45) is 12.8 Å². The third-order valence-corrected chi connectivity index (χ3v) is 3.81. The average Bonchev–Trinajstić information content (AvgIpc) is 2.84. The summed E-state index contributed by atoms with van der Waals surface area (Å²) in [6.07, 6.45) is 6.81. The number of rotatable bonds is 6. The van der Waals surface area contributed by atoms with Crippen molar-refractivity contribution in [1.29, 1.82) is 0 Å². The van der Waals surface area contributed by atoms with Gasteiger partial charge in [-0.05, 0) is 24.3 Å². The van der Waals surface area contributed by atoms with Crippen LogP contribution in [0.25, 0.3) is 0 Å². The number of imidazole rings is 1. The molecular formula is C16H23N3. The standard InChI is InChI=1S/C16H23N3/c1-3-14(13-7-5-4-6-8-13)15(17)9-10-16-18-11-12-19(16)2/h4-8,11-12,14-15H,3,9-10,17H2,1-2H3. The molecule has 102 valence electrons. The van der Waals surface area contributed by atoms with E-state index in [1.165, 1.54) is 5.56 Å². The fourth-order valence-corrected chi connectivity index (χ4v) is 2.62. The largest absolute Gasteiger partial charge is 0.338 e. The van der Waals surface area contributed by atoms with Gasteiger partial charge in [-0.3, -0.25) is 0 Å². The fourth-order valence-electron chi connectivity index (χ4n) is 2.62. The van der Waals surface area contributed by atoms with Crippen LogP contribution in [0.4, 0.5) is 0 Å². The zero-order valence-corrected chi connectivity index (χ0v) is 11.8. The van der Waals surface area contributed by atoms with Crippen LogP contribution < -0.4 is 5.73 Å². The maximum atomic E-state index is 6.39. The van der Waals surface area contributed by atoms with Gasteiger partial charge in [-0.25, -0.2) is 4.98 Å². The van der Waals surface area contributed by atoms with Crippen molar-refractivity contribution >= 4 is 0 Å². The summed E-state index contributed by atoms with van der Waals surface area (Å²) in [7, 11) is 2.03. The zero-order chi connectivity index (χ0) is 13.7. The molecule has 0 spiro atoms. The maximum absolute atomic E-state index is 6.39. The van der Waals surface area contributed by atoms with Crippen LogP contribution in [0.5, 0.6) is 0 Å². The van der Waals surface area contributed by atoms with E-state index >= 15 is 0 Å². The third-order valence-electron chi connectivity index (χ3n) is 3.81. The van der Waals surface area contributed by atoms with Crippen molar-refractivity contribution in [3.8, 4) is 0 Å². The van der Waals surface area contributed by atoms with E-state index in [-0.39, 0.29) is 6.04 Å². The van der Waals surface area contributed by atoms with Crippen LogP contribution in [0.3, 0.4) is 0 Å². The van der Waals surface area contributed by atoms with Crippen molar-refractivity contribution in [1.82, 2.24) is 9.55 Å². The highest BCUT2D eigenvalue weighted by atomic mass is 15.0. The summed E-state index contributed by atoms with van der Waals surface area (Å²) in [4.78, 5) is 4.35. The van der Waals surface area contributed by atoms with Crippen LogP contribution in [-0.2, 0) is 13.5 Å². The number of aryl methyl sites for hydroxylation is 2. The Labute approximate surface area is 115 Å². The van der Waals surface area contributed by atoms with E-state index in [9.17, 15) is 0 Å². The molecule has 3 heteroatoms. The number of hydrogen-bond donors (Lipinski definition) is 1. The first kappa shape index (κ1) is 13.8. The smallest absolute Gasteiger partial charge is 0.108 e. The molecule has 3 nitrogen and oxygen atoms in total. The van der Waals surface area contributed by atoms with Crippen molar-refractivity contribution < 1.29 is 0 Å². The van der Waals surface area contributed by atoms with Crippen LogP contribution in [0.1, 0.15) is 37.1 Å². The summed E-state index contributed by atoms with van der Waals surface area (Å²) >= 11 is 0. The Balaban J connectivity index is 1.98. The van der Waals surface area contributed by atoms with Gasteiger partial charge < -0.3 is 10.3 Å². The van der Waals surface area contributed by atoms with Gasteiger partial charge in [0.05, 0.1) is 0 Å². The summed E-state index contributed by atoms with van der Waals surface area (Å²) in [5, 5.41) is 0. The van der Waals surface area contributed by atoms with Crippen LogP contribution in [0, 0.1) is 0 Å². The summed E-state index contributed by atoms with van der Waals surface area (Å²) < 4.78 is 2.07. The van der Waals surface area contributed by atoms with Gasteiger partial charge in [0, 0.05) is 31.9 Å². The number of nitrogens with two attached hydrogens (primary N) is 1. The van der Waals surface area contributed by atoms with Crippen LogP contribution in [-0.4, -0.2) is 15.6 Å². The molecule has 2 aromatic rings. The average molecular weight is 257 g/mol. The molecule has 0 aliphatic carbocycles. The highest BCUT2D eigenvalue weighted by molar-refractivity contribution is 5.21. The predicted octanol–water partition coefficient (Wildman–Crippen LogP) is 2.87. The second-order valence-corrected chi connectivity index (χ2v) is 5.08. The monoisotopic (exact) mass is 257 g/mol. The number of benzene rings is 1. The molecule has 1 aromatic heterocycles. The Morgan fingerprint density at radius 2 is 2.00 bits per heavy atom. The van der Waals surface area contributed by atoms with Gasteiger partial charge >= 0.3 is 0 Å². The van der Waals surface area contributed by atoms with E-state index < -0.39 is 0 Å². The first-order chi connectivity index (χ1) is 9.22. The third kappa shape index (κ3) is 3.44. The van der Waals surface area contributed by atoms with Gasteiger partial charge in [-0.1, -0.05) is 37.3 Å². The van der Waals surface area contributed by atoms with Crippen molar-refractivity contribution in [3.63, 3.8) is 0 Å². The molecule has 0 saturated heterocycles. The Hall–Kier alpha value is -1.61. The number of aromatic nitrogens is 2. The Morgan fingerprint density at radius 1 is 1.26 bits per heavy atom. The summed E-state index contributed by atoms with van der Waals surface area (Å²) in [5.41, 5.74) is 7.73. The topological polar surface area (TPSA) is 43.8 Å². The minimum atomic E-state index is 0.184. The number of nitrogens with zero attached hydrogens (tertiary/aromatic N) is 2. The molecule has 0 saturated carbocycles. The molecule has 0 aliphatic heterocycles. The highest BCUT2D eigenvalue weighted by Gasteiger charge is 2.18. The molecule has 1 aromatic carbocycles. The SMILES string of the molecule is CCC(c1ccccc1)C(N)CCc1nccn1C. The lowest BCUT2D eigenvalue weighted by atomic mass is 9.87. The van der Waals surface area contributed by atoms with Crippen molar-refractivity contribution in [3.05, 3.63) is 54.1 Å². The first-order valence-corrected chi connectivity index (χ1v) is 6.99. The van der Waals surface area contributed by atoms with Gasteiger partial charge in [0.15, 0.2) is 0 Å². The molecule has 19 heavy (non-hydrogen) atoms. The lowest BCUT2D eigenvalue weighted by Gasteiger charge is -2.23. The molecule has 2 N–H and O–H groups in total. The van der Waals surface area contributed by atoms with Crippen LogP contribution in [0.2, 0.25) is 0 Å². The normalized spacial score (nSPS) is 14.3. The van der Waals surface area contributed by atoms with Crippen LogP contribution >= 0.6 is 0 Å². The first-order valence-electron chi connectivity index (χ1n) is 6.99. The second-order valence-electron chi connectivity index (χ2n) is 5.08. The van der Waals surface area contributed by atoms with Crippen molar-refractivity contribution in [2.45, 2.75) is 38.1 Å². The number of hydrogen-bond acceptors (Lipinski definition) is 2. The molecule has 2 rings (SSSR count). The molecule has 0 amide bonds. The van der Waals surface area contributed by atoms with Gasteiger partial charge in [-0.15, -0.1) is 0 Å². The predicted molar refractivity (Wildman–Crippen MR) is 79.0 cm³/mol.